The van der Waals surface area contributed by atoms with E-state index in [2.05, 4.69) is 4.98 Å². The summed E-state index contributed by atoms with van der Waals surface area (Å²) in [6.07, 6.45) is 0. The smallest absolute Gasteiger partial charge is 0.271 e. The maximum atomic E-state index is 12.1. The number of oxazole rings is 1. The minimum atomic E-state index is -0.521. The van der Waals surface area contributed by atoms with Crippen molar-refractivity contribution in [2.45, 2.75) is 0 Å². The average Bonchev–Trinajstić information content (AvgIpc) is 2.90. The molecule has 0 atom stereocenters. The molecule has 0 aliphatic carbocycles. The second-order valence-corrected chi connectivity index (χ2v) is 4.12. The summed E-state index contributed by atoms with van der Waals surface area (Å²) in [7, 11) is 0. The van der Waals surface area contributed by atoms with Crippen molar-refractivity contribution < 1.29 is 14.1 Å². The summed E-state index contributed by atoms with van der Waals surface area (Å²) in [5, 5.41) is 10.7. The van der Waals surface area contributed by atoms with E-state index in [4.69, 9.17) is 4.42 Å². The van der Waals surface area contributed by atoms with Gasteiger partial charge in [-0.25, -0.2) is 4.98 Å². The van der Waals surface area contributed by atoms with Gasteiger partial charge in [0, 0.05) is 17.7 Å². The van der Waals surface area contributed by atoms with E-state index < -0.39 is 4.92 Å². The molecule has 20 heavy (non-hydrogen) atoms. The first-order valence-electron chi connectivity index (χ1n) is 5.80. The van der Waals surface area contributed by atoms with Gasteiger partial charge in [-0.3, -0.25) is 14.9 Å². The van der Waals surface area contributed by atoms with Gasteiger partial charge >= 0.3 is 0 Å². The number of carbonyl (C=O) groups excluding carboxylic acids is 1. The van der Waals surface area contributed by atoms with E-state index in [1.165, 1.54) is 18.2 Å². The molecule has 3 aromatic rings. The third-order valence-electron chi connectivity index (χ3n) is 2.81. The molecule has 3 rings (SSSR count). The second kappa shape index (κ2) is 4.58. The number of nitro benzene ring substituents is 1. The highest BCUT2D eigenvalue weighted by Crippen LogP contribution is 2.22. The van der Waals surface area contributed by atoms with Crippen LogP contribution in [0.1, 0.15) is 16.2 Å². The fourth-order valence-corrected chi connectivity index (χ4v) is 1.84. The largest absolute Gasteiger partial charge is 0.433 e. The number of rotatable bonds is 3. The maximum absolute atomic E-state index is 12.1. The maximum Gasteiger partial charge on any atom is 0.271 e. The Morgan fingerprint density at radius 1 is 1.15 bits per heavy atom. The summed E-state index contributed by atoms with van der Waals surface area (Å²) in [4.78, 5) is 26.3. The van der Waals surface area contributed by atoms with Crippen LogP contribution in [0.2, 0.25) is 0 Å². The molecule has 0 unspecified atom stereocenters. The number of ketones is 1. The Balaban J connectivity index is 2.05. The van der Waals surface area contributed by atoms with Gasteiger partial charge in [-0.05, 0) is 6.07 Å². The summed E-state index contributed by atoms with van der Waals surface area (Å²) in [5.74, 6) is -0.434. The summed E-state index contributed by atoms with van der Waals surface area (Å²) < 4.78 is 5.34. The number of nitro groups is 1. The molecule has 0 saturated carbocycles. The monoisotopic (exact) mass is 268 g/mol. The van der Waals surface area contributed by atoms with Gasteiger partial charge in [0.05, 0.1) is 4.92 Å². The highest BCUT2D eigenvalue weighted by Gasteiger charge is 2.17. The van der Waals surface area contributed by atoms with Crippen molar-refractivity contribution in [3.63, 3.8) is 0 Å². The van der Waals surface area contributed by atoms with Gasteiger partial charge in [0.1, 0.15) is 5.52 Å². The number of hydrogen-bond donors (Lipinski definition) is 0. The molecule has 2 aromatic carbocycles. The number of nitrogens with zero attached hydrogens (tertiary/aromatic N) is 2. The molecule has 1 aromatic heterocycles. The molecule has 0 fully saturated rings. The highest BCUT2D eigenvalue weighted by molar-refractivity contribution is 6.06. The Morgan fingerprint density at radius 3 is 2.60 bits per heavy atom. The highest BCUT2D eigenvalue weighted by atomic mass is 16.6. The molecule has 98 valence electrons. The van der Waals surface area contributed by atoms with Crippen molar-refractivity contribution >= 4 is 22.6 Å². The number of carbonyl (C=O) groups is 1. The van der Waals surface area contributed by atoms with Gasteiger partial charge in [0.25, 0.3) is 11.6 Å². The van der Waals surface area contributed by atoms with Gasteiger partial charge in [0.2, 0.25) is 5.78 Å². The first kappa shape index (κ1) is 12.0. The number of aromatic nitrogens is 1. The molecule has 0 aliphatic heterocycles. The predicted octanol–water partition coefficient (Wildman–Crippen LogP) is 2.97. The topological polar surface area (TPSA) is 86.2 Å². The van der Waals surface area contributed by atoms with E-state index in [9.17, 15) is 14.9 Å². The lowest BCUT2D eigenvalue weighted by Crippen LogP contribution is -2.00. The second-order valence-electron chi connectivity index (χ2n) is 4.12. The predicted molar refractivity (Wildman–Crippen MR) is 70.5 cm³/mol. The molecule has 0 N–H and O–H groups in total. The van der Waals surface area contributed by atoms with Gasteiger partial charge in [-0.1, -0.05) is 30.3 Å². The van der Waals surface area contributed by atoms with Crippen LogP contribution in [0.3, 0.4) is 0 Å². The van der Waals surface area contributed by atoms with Gasteiger partial charge in [-0.2, -0.15) is 0 Å². The minimum Gasteiger partial charge on any atom is -0.433 e. The zero-order chi connectivity index (χ0) is 14.1. The zero-order valence-electron chi connectivity index (χ0n) is 10.1. The summed E-state index contributed by atoms with van der Waals surface area (Å²) in [6, 6.07) is 12.6. The first-order valence-corrected chi connectivity index (χ1v) is 5.80. The Labute approximate surface area is 112 Å². The molecule has 0 bridgehead atoms. The molecule has 6 heteroatoms. The van der Waals surface area contributed by atoms with E-state index in [1.54, 1.807) is 30.3 Å². The molecule has 6 nitrogen and oxygen atoms in total. The van der Waals surface area contributed by atoms with Crippen molar-refractivity contribution in [2.75, 3.05) is 0 Å². The fourth-order valence-electron chi connectivity index (χ4n) is 1.84. The van der Waals surface area contributed by atoms with E-state index in [-0.39, 0.29) is 17.4 Å². The standard InChI is InChI=1S/C14H8N2O4/c17-13(9-4-2-1-3-5-9)14-15-11-8-10(16(18)19)6-7-12(11)20-14/h1-8H. The minimum absolute atomic E-state index is 0.0771. The van der Waals surface area contributed by atoms with Crippen molar-refractivity contribution in [2.24, 2.45) is 0 Å². The van der Waals surface area contributed by atoms with Crippen LogP contribution in [0.4, 0.5) is 5.69 Å². The van der Waals surface area contributed by atoms with Crippen molar-refractivity contribution in [3.05, 3.63) is 70.1 Å². The van der Waals surface area contributed by atoms with Crippen LogP contribution in [-0.4, -0.2) is 15.7 Å². The van der Waals surface area contributed by atoms with E-state index in [1.807, 2.05) is 0 Å². The Morgan fingerprint density at radius 2 is 1.90 bits per heavy atom. The molecular weight excluding hydrogens is 260 g/mol. The van der Waals surface area contributed by atoms with Crippen molar-refractivity contribution in [3.8, 4) is 0 Å². The van der Waals surface area contributed by atoms with Crippen LogP contribution < -0.4 is 0 Å². The molecule has 0 saturated heterocycles. The molecule has 0 aliphatic rings. The fraction of sp³-hybridized carbons (Fsp3) is 0. The van der Waals surface area contributed by atoms with Gasteiger partial charge in [0.15, 0.2) is 5.58 Å². The Hall–Kier alpha value is -3.02. The third-order valence-corrected chi connectivity index (χ3v) is 2.81. The van der Waals surface area contributed by atoms with Crippen molar-refractivity contribution in [1.82, 2.24) is 4.98 Å². The lowest BCUT2D eigenvalue weighted by Gasteiger charge is -1.94. The number of benzene rings is 2. The van der Waals surface area contributed by atoms with Crippen LogP contribution in [-0.2, 0) is 0 Å². The number of fused-ring (bicyclic) bond motifs is 1. The van der Waals surface area contributed by atoms with Gasteiger partial charge < -0.3 is 4.42 Å². The van der Waals surface area contributed by atoms with E-state index in [0.717, 1.165) is 0 Å². The summed E-state index contributed by atoms with van der Waals surface area (Å²) >= 11 is 0. The molecule has 0 amide bonds. The SMILES string of the molecule is O=C(c1ccccc1)c1nc2cc([N+](=O)[O-])ccc2o1. The molecule has 1 heterocycles. The van der Waals surface area contributed by atoms with E-state index >= 15 is 0 Å². The first-order chi connectivity index (χ1) is 9.65. The quantitative estimate of drug-likeness (QED) is 0.414. The van der Waals surface area contributed by atoms with Gasteiger partial charge in [-0.15, -0.1) is 0 Å². The molecule has 0 spiro atoms. The normalized spacial score (nSPS) is 10.6. The van der Waals surface area contributed by atoms with Crippen molar-refractivity contribution in [1.29, 1.82) is 0 Å². The van der Waals surface area contributed by atoms with Crippen LogP contribution in [0.25, 0.3) is 11.1 Å². The third kappa shape index (κ3) is 2.03. The summed E-state index contributed by atoms with van der Waals surface area (Å²) in [5.41, 5.74) is 0.992. The lowest BCUT2D eigenvalue weighted by atomic mass is 10.1. The summed E-state index contributed by atoms with van der Waals surface area (Å²) in [6.45, 7) is 0. The zero-order valence-corrected chi connectivity index (χ0v) is 10.1. The Bertz CT molecular complexity index is 808. The average molecular weight is 268 g/mol. The lowest BCUT2D eigenvalue weighted by molar-refractivity contribution is -0.384. The van der Waals surface area contributed by atoms with E-state index in [0.29, 0.717) is 16.7 Å². The number of non-ortho nitro benzene ring substituents is 1. The molecular formula is C14H8N2O4. The van der Waals surface area contributed by atoms with Crippen LogP contribution in [0.5, 0.6) is 0 Å². The number of hydrogen-bond acceptors (Lipinski definition) is 5. The van der Waals surface area contributed by atoms with Crippen LogP contribution in [0, 0.1) is 10.1 Å². The van der Waals surface area contributed by atoms with Crippen LogP contribution in [0.15, 0.2) is 52.9 Å². The molecule has 0 radical (unpaired) electrons. The van der Waals surface area contributed by atoms with Crippen LogP contribution >= 0.6 is 0 Å². The Kier molecular flexibility index (Phi) is 2.76.